The number of nitrogens with one attached hydrogen (secondary N) is 3. The van der Waals surface area contributed by atoms with Crippen LogP contribution in [0, 0.1) is 18.2 Å². The molecule has 37 heavy (non-hydrogen) atoms. The Morgan fingerprint density at radius 1 is 1.05 bits per heavy atom. The Labute approximate surface area is 221 Å². The molecule has 1 fully saturated rings. The normalized spacial score (nSPS) is 12.5. The Balaban J connectivity index is 0.000000659. The molecule has 0 unspecified atom stereocenters. The third kappa shape index (κ3) is 10.4. The molecule has 0 saturated heterocycles. The summed E-state index contributed by atoms with van der Waals surface area (Å²) in [4.78, 5) is 36.3. The van der Waals surface area contributed by atoms with Gasteiger partial charge in [-0.25, -0.2) is 4.39 Å². The van der Waals surface area contributed by atoms with Crippen molar-refractivity contribution in [3.05, 3.63) is 58.4 Å². The maximum Gasteiger partial charge on any atom is 0.252 e. The zero-order valence-corrected chi connectivity index (χ0v) is 23.8. The van der Waals surface area contributed by atoms with Gasteiger partial charge < -0.3 is 16.0 Å². The summed E-state index contributed by atoms with van der Waals surface area (Å²) < 4.78 is 14.6. The Bertz CT molecular complexity index is 1070. The predicted molar refractivity (Wildman–Crippen MR) is 150 cm³/mol. The standard InChI is InChI=1S/C22H23FN2O3.C6H15N.C2H6/c1-12(2)24-22(28)19-8-14(11-26)4-7-17(19)18-9-15(10-20(23)13(18)3)21(27)25-16-5-6-16;1-6(2,3)5-7-4;1-2/h4,7-12,16H,5-6H2,1-3H3,(H,24,28)(H,25,27);7H,5H2,1-4H3;1-2H3. The smallest absolute Gasteiger partial charge is 0.252 e. The van der Waals surface area contributed by atoms with E-state index in [1.54, 1.807) is 25.1 Å². The molecule has 0 atom stereocenters. The summed E-state index contributed by atoms with van der Waals surface area (Å²) in [7, 11) is 1.98. The molecule has 3 N–H and O–H groups in total. The van der Waals surface area contributed by atoms with Gasteiger partial charge in [-0.15, -0.1) is 0 Å². The van der Waals surface area contributed by atoms with Crippen molar-refractivity contribution in [3.8, 4) is 11.1 Å². The second-order valence-corrected chi connectivity index (χ2v) is 10.5. The predicted octanol–water partition coefficient (Wildman–Crippen LogP) is 5.92. The lowest BCUT2D eigenvalue weighted by Crippen LogP contribution is -2.30. The Morgan fingerprint density at radius 3 is 2.14 bits per heavy atom. The Hall–Kier alpha value is -3.06. The molecule has 0 spiro atoms. The molecule has 2 amide bonds. The Kier molecular flexibility index (Phi) is 12.6. The van der Waals surface area contributed by atoms with Crippen molar-refractivity contribution in [2.45, 2.75) is 80.3 Å². The highest BCUT2D eigenvalue weighted by Crippen LogP contribution is 2.31. The van der Waals surface area contributed by atoms with Crippen molar-refractivity contribution in [1.29, 1.82) is 0 Å². The van der Waals surface area contributed by atoms with Crippen LogP contribution < -0.4 is 16.0 Å². The van der Waals surface area contributed by atoms with E-state index >= 15 is 0 Å². The maximum absolute atomic E-state index is 14.6. The van der Waals surface area contributed by atoms with Gasteiger partial charge in [-0.3, -0.25) is 14.4 Å². The zero-order chi connectivity index (χ0) is 28.3. The van der Waals surface area contributed by atoms with Crippen molar-refractivity contribution in [2.75, 3.05) is 13.6 Å². The van der Waals surface area contributed by atoms with Crippen molar-refractivity contribution in [3.63, 3.8) is 0 Å². The zero-order valence-electron chi connectivity index (χ0n) is 23.8. The number of hydrogen-bond donors (Lipinski definition) is 3. The molecular weight excluding hydrogens is 469 g/mol. The fourth-order valence-corrected chi connectivity index (χ4v) is 3.51. The van der Waals surface area contributed by atoms with E-state index in [9.17, 15) is 18.8 Å². The average Bonchev–Trinajstić information content (AvgIpc) is 3.65. The first-order valence-electron chi connectivity index (χ1n) is 13.0. The molecule has 3 rings (SSSR count). The van der Waals surface area contributed by atoms with Crippen LogP contribution in [0.5, 0.6) is 0 Å². The Morgan fingerprint density at radius 2 is 1.68 bits per heavy atom. The first-order valence-corrected chi connectivity index (χ1v) is 13.0. The van der Waals surface area contributed by atoms with Crippen LogP contribution >= 0.6 is 0 Å². The topological polar surface area (TPSA) is 87.3 Å². The summed E-state index contributed by atoms with van der Waals surface area (Å²) in [5.74, 6) is -1.21. The van der Waals surface area contributed by atoms with E-state index in [0.29, 0.717) is 34.0 Å². The largest absolute Gasteiger partial charge is 0.350 e. The van der Waals surface area contributed by atoms with Crippen LogP contribution in [-0.2, 0) is 0 Å². The average molecular weight is 514 g/mol. The monoisotopic (exact) mass is 513 g/mol. The summed E-state index contributed by atoms with van der Waals surface area (Å²) in [6.45, 7) is 17.0. The number of halogens is 1. The van der Waals surface area contributed by atoms with Crippen molar-refractivity contribution in [2.24, 2.45) is 5.41 Å². The highest BCUT2D eigenvalue weighted by molar-refractivity contribution is 6.03. The quantitative estimate of drug-likeness (QED) is 0.401. The van der Waals surface area contributed by atoms with Crippen molar-refractivity contribution >= 4 is 18.1 Å². The first-order chi connectivity index (χ1) is 17.4. The number of benzene rings is 2. The lowest BCUT2D eigenvalue weighted by molar-refractivity contribution is 0.0938. The van der Waals surface area contributed by atoms with Gasteiger partial charge in [-0.05, 0) is 87.5 Å². The van der Waals surface area contributed by atoms with Crippen LogP contribution in [0.3, 0.4) is 0 Å². The second kappa shape index (κ2) is 14.6. The molecule has 0 radical (unpaired) electrons. The third-order valence-corrected chi connectivity index (χ3v) is 5.36. The van der Waals surface area contributed by atoms with Crippen LogP contribution in [0.4, 0.5) is 4.39 Å². The van der Waals surface area contributed by atoms with Gasteiger partial charge in [-0.2, -0.15) is 0 Å². The van der Waals surface area contributed by atoms with Crippen LogP contribution in [-0.4, -0.2) is 43.8 Å². The number of aldehydes is 1. The van der Waals surface area contributed by atoms with Gasteiger partial charge >= 0.3 is 0 Å². The van der Waals surface area contributed by atoms with Crippen LogP contribution in [0.25, 0.3) is 11.1 Å². The van der Waals surface area contributed by atoms with E-state index in [2.05, 4.69) is 36.7 Å². The fraction of sp³-hybridized carbons (Fsp3) is 0.500. The highest BCUT2D eigenvalue weighted by atomic mass is 19.1. The van der Waals surface area contributed by atoms with Gasteiger partial charge in [0.2, 0.25) is 0 Å². The highest BCUT2D eigenvalue weighted by Gasteiger charge is 2.25. The minimum Gasteiger partial charge on any atom is -0.350 e. The van der Waals surface area contributed by atoms with Crippen LogP contribution in [0.1, 0.15) is 97.9 Å². The van der Waals surface area contributed by atoms with Gasteiger partial charge in [-0.1, -0.05) is 46.8 Å². The lowest BCUT2D eigenvalue weighted by Gasteiger charge is -2.16. The summed E-state index contributed by atoms with van der Waals surface area (Å²) in [6, 6.07) is 7.52. The van der Waals surface area contributed by atoms with E-state index < -0.39 is 5.82 Å². The second-order valence-electron chi connectivity index (χ2n) is 10.5. The molecule has 2 aromatic rings. The molecule has 0 aliphatic heterocycles. The molecule has 1 saturated carbocycles. The summed E-state index contributed by atoms with van der Waals surface area (Å²) >= 11 is 0. The number of carbonyl (C=O) groups excluding carboxylic acids is 3. The molecule has 0 aromatic heterocycles. The summed E-state index contributed by atoms with van der Waals surface area (Å²) in [6.07, 6.45) is 2.52. The van der Waals surface area contributed by atoms with Crippen LogP contribution in [0.15, 0.2) is 30.3 Å². The minimum absolute atomic E-state index is 0.103. The van der Waals surface area contributed by atoms with Crippen LogP contribution in [0.2, 0.25) is 0 Å². The molecular formula is C30H44FN3O3. The molecule has 0 heterocycles. The molecule has 7 heteroatoms. The molecule has 1 aliphatic rings. The van der Waals surface area contributed by atoms with Gasteiger partial charge in [0.1, 0.15) is 12.1 Å². The molecule has 1 aliphatic carbocycles. The van der Waals surface area contributed by atoms with E-state index in [0.717, 1.165) is 19.4 Å². The van der Waals surface area contributed by atoms with E-state index in [1.165, 1.54) is 12.1 Å². The minimum atomic E-state index is -0.520. The molecule has 2 aromatic carbocycles. The molecule has 6 nitrogen and oxygen atoms in total. The van der Waals surface area contributed by atoms with Crippen molar-refractivity contribution < 1.29 is 18.8 Å². The van der Waals surface area contributed by atoms with Gasteiger partial charge in [0.15, 0.2) is 0 Å². The fourth-order valence-electron chi connectivity index (χ4n) is 3.51. The molecule has 0 bridgehead atoms. The maximum atomic E-state index is 14.6. The van der Waals surface area contributed by atoms with Gasteiger partial charge in [0.25, 0.3) is 11.8 Å². The molecule has 204 valence electrons. The first kappa shape index (κ1) is 32.0. The van der Waals surface area contributed by atoms with Gasteiger partial charge in [0.05, 0.1) is 0 Å². The van der Waals surface area contributed by atoms with Gasteiger partial charge in [0, 0.05) is 28.8 Å². The van der Waals surface area contributed by atoms with E-state index in [1.807, 2.05) is 34.7 Å². The number of hydrogen-bond acceptors (Lipinski definition) is 4. The number of amides is 2. The SMILES string of the molecule is CC.CNCC(C)(C)C.Cc1c(F)cc(C(=O)NC2CC2)cc1-c1ccc(C=O)cc1C(=O)NC(C)C. The number of carbonyl (C=O) groups is 3. The lowest BCUT2D eigenvalue weighted by atomic mass is 9.92. The van der Waals surface area contributed by atoms with Crippen molar-refractivity contribution in [1.82, 2.24) is 16.0 Å². The third-order valence-electron chi connectivity index (χ3n) is 5.36. The number of rotatable bonds is 7. The van der Waals surface area contributed by atoms with E-state index in [4.69, 9.17) is 0 Å². The van der Waals surface area contributed by atoms with E-state index in [-0.39, 0.29) is 35.0 Å². The summed E-state index contributed by atoms with van der Waals surface area (Å²) in [5.41, 5.74) is 2.52. The summed E-state index contributed by atoms with van der Waals surface area (Å²) in [5, 5.41) is 8.75.